The molecule has 1 saturated carbocycles. The third-order valence-corrected chi connectivity index (χ3v) is 7.06. The molecule has 1 N–H and O–H groups in total. The van der Waals surface area contributed by atoms with E-state index in [9.17, 15) is 4.79 Å². The Bertz CT molecular complexity index is 1440. The van der Waals surface area contributed by atoms with E-state index >= 15 is 0 Å². The van der Waals surface area contributed by atoms with Crippen LogP contribution in [0.15, 0.2) is 54.9 Å². The van der Waals surface area contributed by atoms with Crippen molar-refractivity contribution in [1.82, 2.24) is 30.0 Å². The van der Waals surface area contributed by atoms with Crippen LogP contribution in [0, 0.1) is 6.92 Å². The largest absolute Gasteiger partial charge is 0.349 e. The summed E-state index contributed by atoms with van der Waals surface area (Å²) in [6.45, 7) is 3.99. The molecule has 1 unspecified atom stereocenters. The fourth-order valence-electron chi connectivity index (χ4n) is 5.18. The minimum atomic E-state index is -0.108. The van der Waals surface area contributed by atoms with E-state index in [1.54, 1.807) is 10.9 Å². The van der Waals surface area contributed by atoms with Crippen molar-refractivity contribution < 1.29 is 4.79 Å². The second-order valence-electron chi connectivity index (χ2n) is 10.0. The topological polar surface area (TPSA) is 85.6 Å². The van der Waals surface area contributed by atoms with Crippen LogP contribution < -0.4 is 5.32 Å². The van der Waals surface area contributed by atoms with Crippen molar-refractivity contribution in [2.24, 2.45) is 0 Å². The molecule has 2 aliphatic rings. The van der Waals surface area contributed by atoms with Gasteiger partial charge in [0.05, 0.1) is 23.1 Å². The van der Waals surface area contributed by atoms with Gasteiger partial charge in [0.2, 0.25) is 0 Å². The lowest BCUT2D eigenvalue weighted by molar-refractivity contribution is 0.0939. The molecule has 36 heavy (non-hydrogen) atoms. The number of carbonyl (C=O) groups is 1. The number of carbonyl (C=O) groups excluding carboxylic acids is 1. The van der Waals surface area contributed by atoms with Crippen LogP contribution in [0.3, 0.4) is 0 Å². The summed E-state index contributed by atoms with van der Waals surface area (Å²) in [6, 6.07) is 14.4. The van der Waals surface area contributed by atoms with Crippen LogP contribution in [0.25, 0.3) is 17.2 Å². The number of amides is 1. The van der Waals surface area contributed by atoms with Gasteiger partial charge in [-0.1, -0.05) is 30.3 Å². The first-order chi connectivity index (χ1) is 17.6. The molecular formula is C29H30N6O. The summed E-state index contributed by atoms with van der Waals surface area (Å²) in [7, 11) is 0. The molecule has 1 aromatic carbocycles. The number of fused-ring (bicyclic) bond motifs is 3. The van der Waals surface area contributed by atoms with E-state index in [0.29, 0.717) is 23.9 Å². The maximum atomic E-state index is 13.3. The van der Waals surface area contributed by atoms with Gasteiger partial charge < -0.3 is 5.32 Å². The predicted octanol–water partition coefficient (Wildman–Crippen LogP) is 4.76. The first-order valence-electron chi connectivity index (χ1n) is 12.8. The molecule has 3 heterocycles. The Morgan fingerprint density at radius 3 is 2.72 bits per heavy atom. The molecule has 2 aliphatic carbocycles. The third kappa shape index (κ3) is 4.41. The van der Waals surface area contributed by atoms with Gasteiger partial charge in [-0.2, -0.15) is 5.10 Å². The minimum absolute atomic E-state index is 0.0533. The molecule has 1 amide bonds. The van der Waals surface area contributed by atoms with Crippen molar-refractivity contribution in [3.63, 3.8) is 0 Å². The number of aromatic nitrogens is 5. The van der Waals surface area contributed by atoms with Gasteiger partial charge in [-0.3, -0.25) is 9.78 Å². The number of nitrogens with zero attached hydrogens (tertiary/aromatic N) is 5. The summed E-state index contributed by atoms with van der Waals surface area (Å²) >= 11 is 0. The number of hydrogen-bond donors (Lipinski definition) is 1. The molecule has 7 nitrogen and oxygen atoms in total. The lowest BCUT2D eigenvalue weighted by atomic mass is 10.0. The van der Waals surface area contributed by atoms with Crippen molar-refractivity contribution in [3.8, 4) is 17.2 Å². The number of rotatable bonds is 6. The van der Waals surface area contributed by atoms with Crippen LogP contribution in [0.1, 0.15) is 70.7 Å². The molecule has 0 bridgehead atoms. The number of pyridine rings is 1. The summed E-state index contributed by atoms with van der Waals surface area (Å²) in [6.07, 6.45) is 9.46. The normalized spacial score (nSPS) is 15.5. The van der Waals surface area contributed by atoms with E-state index in [1.165, 1.54) is 16.7 Å². The fraction of sp³-hybridized carbons (Fsp3) is 0.345. The SMILES string of the molecule is Cc1cccc(CC(C)NC(=O)c2cnn(-c3ncc4c(n3)-c3ccccc3CCC4)c2C2CC2)n1. The van der Waals surface area contributed by atoms with Gasteiger partial charge in [0.1, 0.15) is 0 Å². The first-order valence-corrected chi connectivity index (χ1v) is 12.8. The molecule has 1 atom stereocenters. The second kappa shape index (κ2) is 9.30. The van der Waals surface area contributed by atoms with Crippen molar-refractivity contribution in [1.29, 1.82) is 0 Å². The van der Waals surface area contributed by atoms with Crippen molar-refractivity contribution in [3.05, 3.63) is 88.6 Å². The average molecular weight is 479 g/mol. The predicted molar refractivity (Wildman–Crippen MR) is 138 cm³/mol. The Kier molecular flexibility index (Phi) is 5.83. The van der Waals surface area contributed by atoms with Crippen molar-refractivity contribution in [2.75, 3.05) is 0 Å². The summed E-state index contributed by atoms with van der Waals surface area (Å²) < 4.78 is 1.78. The highest BCUT2D eigenvalue weighted by Gasteiger charge is 2.34. The van der Waals surface area contributed by atoms with E-state index in [2.05, 4.69) is 39.7 Å². The van der Waals surface area contributed by atoms with Crippen LogP contribution in [0.5, 0.6) is 0 Å². The zero-order valence-electron chi connectivity index (χ0n) is 20.7. The molecule has 0 aliphatic heterocycles. The maximum absolute atomic E-state index is 13.3. The Balaban J connectivity index is 1.30. The molecule has 6 rings (SSSR count). The molecule has 182 valence electrons. The zero-order valence-corrected chi connectivity index (χ0v) is 20.7. The van der Waals surface area contributed by atoms with Crippen LogP contribution in [-0.4, -0.2) is 36.7 Å². The van der Waals surface area contributed by atoms with Gasteiger partial charge in [-0.15, -0.1) is 0 Å². The third-order valence-electron chi connectivity index (χ3n) is 7.06. The van der Waals surface area contributed by atoms with Gasteiger partial charge in [0.25, 0.3) is 11.9 Å². The Hall–Kier alpha value is -3.87. The standard InChI is InChI=1S/C29H30N6O/c1-18-7-5-11-23(32-18)15-19(2)33-28(36)25-17-31-35(27(25)21-13-14-21)29-30-16-22-10-6-9-20-8-3-4-12-24(20)26(22)34-29/h3-5,7-8,11-12,16-17,19,21H,6,9-10,13-15H2,1-2H3,(H,33,36). The van der Waals surface area contributed by atoms with Gasteiger partial charge in [0, 0.05) is 41.5 Å². The fourth-order valence-corrected chi connectivity index (χ4v) is 5.18. The lowest BCUT2D eigenvalue weighted by Gasteiger charge is -2.15. The van der Waals surface area contributed by atoms with Gasteiger partial charge in [-0.05, 0) is 69.2 Å². The molecule has 1 fully saturated rings. The van der Waals surface area contributed by atoms with Crippen LogP contribution >= 0.6 is 0 Å². The van der Waals surface area contributed by atoms with Gasteiger partial charge in [-0.25, -0.2) is 14.6 Å². The minimum Gasteiger partial charge on any atom is -0.349 e. The molecular weight excluding hydrogens is 448 g/mol. The maximum Gasteiger partial charge on any atom is 0.255 e. The molecule has 7 heteroatoms. The van der Waals surface area contributed by atoms with E-state index < -0.39 is 0 Å². The molecule has 0 radical (unpaired) electrons. The smallest absolute Gasteiger partial charge is 0.255 e. The highest BCUT2D eigenvalue weighted by Crippen LogP contribution is 2.42. The van der Waals surface area contributed by atoms with E-state index in [1.807, 2.05) is 38.2 Å². The van der Waals surface area contributed by atoms with Crippen LogP contribution in [0.2, 0.25) is 0 Å². The van der Waals surface area contributed by atoms with Gasteiger partial charge >= 0.3 is 0 Å². The van der Waals surface area contributed by atoms with Gasteiger partial charge in [0.15, 0.2) is 0 Å². The molecule has 3 aromatic heterocycles. The van der Waals surface area contributed by atoms with Crippen LogP contribution in [-0.2, 0) is 19.3 Å². The number of benzene rings is 1. The summed E-state index contributed by atoms with van der Waals surface area (Å²) in [4.78, 5) is 27.6. The van der Waals surface area contributed by atoms with E-state index in [-0.39, 0.29) is 11.9 Å². The highest BCUT2D eigenvalue weighted by molar-refractivity contribution is 5.95. The van der Waals surface area contributed by atoms with Crippen molar-refractivity contribution >= 4 is 5.91 Å². The monoisotopic (exact) mass is 478 g/mol. The van der Waals surface area contributed by atoms with Crippen LogP contribution in [0.4, 0.5) is 0 Å². The molecule has 0 spiro atoms. The number of hydrogen-bond acceptors (Lipinski definition) is 5. The summed E-state index contributed by atoms with van der Waals surface area (Å²) in [5.41, 5.74) is 8.12. The first kappa shape index (κ1) is 22.6. The second-order valence-corrected chi connectivity index (χ2v) is 10.0. The Labute approximate surface area is 211 Å². The number of nitrogens with one attached hydrogen (secondary N) is 1. The molecule has 4 aromatic rings. The Morgan fingerprint density at radius 1 is 1.06 bits per heavy atom. The summed E-state index contributed by atoms with van der Waals surface area (Å²) in [5, 5.41) is 7.77. The summed E-state index contributed by atoms with van der Waals surface area (Å²) in [5.74, 6) is 0.725. The van der Waals surface area contributed by atoms with Crippen molar-refractivity contribution in [2.45, 2.75) is 64.3 Å². The quantitative estimate of drug-likeness (QED) is 0.432. The zero-order chi connectivity index (χ0) is 24.6. The number of aryl methyl sites for hydroxylation is 3. The Morgan fingerprint density at radius 2 is 1.89 bits per heavy atom. The molecule has 0 saturated heterocycles. The lowest BCUT2D eigenvalue weighted by Crippen LogP contribution is -2.34. The van der Waals surface area contributed by atoms with E-state index in [4.69, 9.17) is 9.97 Å². The van der Waals surface area contributed by atoms with E-state index in [0.717, 1.165) is 54.9 Å². The average Bonchev–Trinajstić information content (AvgIpc) is 3.64. The highest BCUT2D eigenvalue weighted by atomic mass is 16.1.